The summed E-state index contributed by atoms with van der Waals surface area (Å²) >= 11 is 0. The van der Waals surface area contributed by atoms with E-state index < -0.39 is 0 Å². The number of nitrogens with two attached hydrogens (primary N) is 1. The lowest BCUT2D eigenvalue weighted by atomic mass is 9.92. The molecule has 9 nitrogen and oxygen atoms in total. The monoisotopic (exact) mass is 346 g/mol. The average molecular weight is 346 g/mol. The topological polar surface area (TPSA) is 117 Å². The number of amides is 1. The summed E-state index contributed by atoms with van der Waals surface area (Å²) in [6, 6.07) is 0.357. The number of rotatable bonds is 6. The molecule has 0 bridgehead atoms. The molecule has 1 aliphatic rings. The molecule has 2 heterocycles. The van der Waals surface area contributed by atoms with Crippen LogP contribution in [-0.2, 0) is 6.54 Å². The maximum absolute atomic E-state index is 12.6. The molecule has 0 radical (unpaired) electrons. The van der Waals surface area contributed by atoms with Crippen molar-refractivity contribution in [3.05, 3.63) is 24.0 Å². The summed E-state index contributed by atoms with van der Waals surface area (Å²) in [5.41, 5.74) is 6.28. The highest BCUT2D eigenvalue weighted by molar-refractivity contribution is 5.92. The van der Waals surface area contributed by atoms with Gasteiger partial charge < -0.3 is 11.1 Å². The SMILES string of the molecule is CCC(NC(=O)c1cn(C2CCC(N)CC2)nn1)c1ncnn1CC. The van der Waals surface area contributed by atoms with Crippen LogP contribution in [0.5, 0.6) is 0 Å². The minimum atomic E-state index is -0.240. The van der Waals surface area contributed by atoms with Crippen LogP contribution in [0.4, 0.5) is 0 Å². The molecule has 1 atom stereocenters. The van der Waals surface area contributed by atoms with E-state index in [0.717, 1.165) is 37.9 Å². The molecular formula is C16H26N8O. The number of carbonyl (C=O) groups is 1. The second kappa shape index (κ2) is 7.73. The lowest BCUT2D eigenvalue weighted by Crippen LogP contribution is -2.30. The molecule has 9 heteroatoms. The highest BCUT2D eigenvalue weighted by Crippen LogP contribution is 2.26. The molecule has 0 aromatic carbocycles. The van der Waals surface area contributed by atoms with Gasteiger partial charge in [-0.3, -0.25) is 4.79 Å². The summed E-state index contributed by atoms with van der Waals surface area (Å²) in [4.78, 5) is 16.8. The first-order valence-corrected chi connectivity index (χ1v) is 8.98. The Hall–Kier alpha value is -2.29. The van der Waals surface area contributed by atoms with Crippen molar-refractivity contribution in [1.29, 1.82) is 0 Å². The molecule has 1 amide bonds. The van der Waals surface area contributed by atoms with Gasteiger partial charge in [-0.15, -0.1) is 5.10 Å². The van der Waals surface area contributed by atoms with Crippen molar-refractivity contribution in [1.82, 2.24) is 35.1 Å². The number of aromatic nitrogens is 6. The number of nitrogens with zero attached hydrogens (tertiary/aromatic N) is 6. The zero-order valence-corrected chi connectivity index (χ0v) is 14.8. The highest BCUT2D eigenvalue weighted by Gasteiger charge is 2.24. The van der Waals surface area contributed by atoms with Crippen molar-refractivity contribution in [2.45, 2.75) is 70.6 Å². The molecule has 3 rings (SSSR count). The average Bonchev–Trinajstić information content (AvgIpc) is 3.29. The zero-order chi connectivity index (χ0) is 17.8. The number of carbonyl (C=O) groups excluding carboxylic acids is 1. The highest BCUT2D eigenvalue weighted by atomic mass is 16.2. The van der Waals surface area contributed by atoms with Crippen molar-refractivity contribution in [3.63, 3.8) is 0 Å². The van der Waals surface area contributed by atoms with Crippen molar-refractivity contribution in [2.75, 3.05) is 0 Å². The first-order valence-electron chi connectivity index (χ1n) is 8.98. The second-order valence-electron chi connectivity index (χ2n) is 6.52. The maximum atomic E-state index is 12.6. The Morgan fingerprint density at radius 3 is 2.80 bits per heavy atom. The normalized spacial score (nSPS) is 21.9. The van der Waals surface area contributed by atoms with E-state index in [2.05, 4.69) is 25.7 Å². The Kier molecular flexibility index (Phi) is 5.42. The van der Waals surface area contributed by atoms with E-state index in [1.807, 2.05) is 13.8 Å². The predicted octanol–water partition coefficient (Wildman–Crippen LogP) is 1.21. The molecule has 136 valence electrons. The fourth-order valence-corrected chi connectivity index (χ4v) is 3.29. The Morgan fingerprint density at radius 1 is 1.36 bits per heavy atom. The molecule has 2 aromatic rings. The fraction of sp³-hybridized carbons (Fsp3) is 0.688. The number of hydrogen-bond donors (Lipinski definition) is 2. The Bertz CT molecular complexity index is 701. The molecule has 25 heavy (non-hydrogen) atoms. The minimum Gasteiger partial charge on any atom is -0.341 e. The van der Waals surface area contributed by atoms with Gasteiger partial charge in [-0.25, -0.2) is 14.3 Å². The van der Waals surface area contributed by atoms with Gasteiger partial charge in [0.1, 0.15) is 12.2 Å². The van der Waals surface area contributed by atoms with Crippen LogP contribution < -0.4 is 11.1 Å². The molecule has 1 saturated carbocycles. The van der Waals surface area contributed by atoms with Gasteiger partial charge in [-0.05, 0) is 39.0 Å². The summed E-state index contributed by atoms with van der Waals surface area (Å²) in [7, 11) is 0. The standard InChI is InChI=1S/C16H26N8O/c1-3-13(15-18-10-19-23(15)4-2)20-16(25)14-9-24(22-21-14)12-7-5-11(17)6-8-12/h9-13H,3-8,17H2,1-2H3,(H,20,25). The van der Waals surface area contributed by atoms with Crippen molar-refractivity contribution in [2.24, 2.45) is 5.73 Å². The van der Waals surface area contributed by atoms with Gasteiger partial charge in [0.2, 0.25) is 0 Å². The third kappa shape index (κ3) is 3.87. The molecule has 2 aromatic heterocycles. The Labute approximate surface area is 147 Å². The summed E-state index contributed by atoms with van der Waals surface area (Å²) in [5.74, 6) is 0.517. The smallest absolute Gasteiger partial charge is 0.274 e. The quantitative estimate of drug-likeness (QED) is 0.812. The number of hydrogen-bond acceptors (Lipinski definition) is 6. The van der Waals surface area contributed by atoms with Gasteiger partial charge in [-0.2, -0.15) is 5.10 Å². The zero-order valence-electron chi connectivity index (χ0n) is 14.8. The molecule has 1 unspecified atom stereocenters. The predicted molar refractivity (Wildman–Crippen MR) is 91.7 cm³/mol. The molecule has 0 aliphatic heterocycles. The molecule has 0 saturated heterocycles. The van der Waals surface area contributed by atoms with E-state index in [-0.39, 0.29) is 24.0 Å². The molecular weight excluding hydrogens is 320 g/mol. The molecule has 3 N–H and O–H groups in total. The van der Waals surface area contributed by atoms with E-state index in [4.69, 9.17) is 5.73 Å². The van der Waals surface area contributed by atoms with Crippen LogP contribution in [0, 0.1) is 0 Å². The van der Waals surface area contributed by atoms with Crippen LogP contribution in [0.25, 0.3) is 0 Å². The van der Waals surface area contributed by atoms with E-state index in [9.17, 15) is 4.79 Å². The number of aryl methyl sites for hydroxylation is 1. The maximum Gasteiger partial charge on any atom is 0.274 e. The summed E-state index contributed by atoms with van der Waals surface area (Å²) in [6.45, 7) is 4.71. The van der Waals surface area contributed by atoms with Gasteiger partial charge in [0.05, 0.1) is 18.3 Å². The summed E-state index contributed by atoms with van der Waals surface area (Å²) < 4.78 is 3.59. The first kappa shape index (κ1) is 17.5. The van der Waals surface area contributed by atoms with Gasteiger partial charge in [0.25, 0.3) is 5.91 Å². The second-order valence-corrected chi connectivity index (χ2v) is 6.52. The lowest BCUT2D eigenvalue weighted by Gasteiger charge is -2.25. The van der Waals surface area contributed by atoms with Crippen molar-refractivity contribution < 1.29 is 4.79 Å². The van der Waals surface area contributed by atoms with E-state index in [1.165, 1.54) is 6.33 Å². The van der Waals surface area contributed by atoms with Crippen LogP contribution in [0.1, 0.15) is 74.3 Å². The number of nitrogens with one attached hydrogen (secondary N) is 1. The first-order chi connectivity index (χ1) is 12.1. The van der Waals surface area contributed by atoms with Crippen LogP contribution in [0.3, 0.4) is 0 Å². The van der Waals surface area contributed by atoms with Crippen molar-refractivity contribution in [3.8, 4) is 0 Å². The minimum absolute atomic E-state index is 0.201. The Morgan fingerprint density at radius 2 is 2.12 bits per heavy atom. The lowest BCUT2D eigenvalue weighted by molar-refractivity contribution is 0.0927. The van der Waals surface area contributed by atoms with E-state index >= 15 is 0 Å². The van der Waals surface area contributed by atoms with Crippen LogP contribution >= 0.6 is 0 Å². The van der Waals surface area contributed by atoms with Crippen LogP contribution in [-0.4, -0.2) is 41.7 Å². The van der Waals surface area contributed by atoms with Gasteiger partial charge in [0, 0.05) is 12.6 Å². The van der Waals surface area contributed by atoms with Gasteiger partial charge in [0.15, 0.2) is 5.69 Å². The van der Waals surface area contributed by atoms with Gasteiger partial charge in [-0.1, -0.05) is 12.1 Å². The largest absolute Gasteiger partial charge is 0.341 e. The summed E-state index contributed by atoms with van der Waals surface area (Å²) in [5, 5.41) is 15.3. The van der Waals surface area contributed by atoms with Crippen molar-refractivity contribution >= 4 is 5.91 Å². The third-order valence-corrected chi connectivity index (χ3v) is 4.83. The van der Waals surface area contributed by atoms with Gasteiger partial charge >= 0.3 is 0 Å². The fourth-order valence-electron chi connectivity index (χ4n) is 3.29. The van der Waals surface area contributed by atoms with E-state index in [0.29, 0.717) is 12.2 Å². The van der Waals surface area contributed by atoms with Crippen LogP contribution in [0.2, 0.25) is 0 Å². The summed E-state index contributed by atoms with van der Waals surface area (Å²) in [6.07, 6.45) is 7.88. The van der Waals surface area contributed by atoms with E-state index in [1.54, 1.807) is 15.6 Å². The third-order valence-electron chi connectivity index (χ3n) is 4.83. The molecule has 0 spiro atoms. The van der Waals surface area contributed by atoms with Crippen LogP contribution in [0.15, 0.2) is 12.5 Å². The molecule has 1 aliphatic carbocycles. The Balaban J connectivity index is 1.67. The molecule has 1 fully saturated rings.